The number of sulfonamides is 1. The number of nitrogens with one attached hydrogen (secondary N) is 2. The smallest absolute Gasteiger partial charge is 0.363 e. The molecule has 1 aromatic heterocycles. The molecular formula is C17H28F3IN6O2S. The van der Waals surface area contributed by atoms with Crippen molar-refractivity contribution >= 4 is 45.8 Å². The van der Waals surface area contributed by atoms with E-state index in [1.165, 1.54) is 0 Å². The van der Waals surface area contributed by atoms with E-state index >= 15 is 0 Å². The summed E-state index contributed by atoms with van der Waals surface area (Å²) in [5, 5.41) is 6.27. The second kappa shape index (κ2) is 11.3. The SMILES string of the molecule is CCNC(=NCc1cccc(N(C)C)n1)NC1CCN(S(=O)(=O)C(F)(F)F)CC1.I. The molecule has 0 spiro atoms. The third-order valence-corrected chi connectivity index (χ3v) is 6.05. The lowest BCUT2D eigenvalue weighted by Gasteiger charge is -2.32. The van der Waals surface area contributed by atoms with Gasteiger partial charge in [-0.1, -0.05) is 6.07 Å². The summed E-state index contributed by atoms with van der Waals surface area (Å²) in [6.45, 7) is 2.47. The Kier molecular flexibility index (Phi) is 10.1. The number of aliphatic imine (C=N–C) groups is 1. The highest BCUT2D eigenvalue weighted by molar-refractivity contribution is 14.0. The van der Waals surface area contributed by atoms with Crippen LogP contribution in [0.25, 0.3) is 0 Å². The van der Waals surface area contributed by atoms with Gasteiger partial charge in [0.05, 0.1) is 12.2 Å². The molecule has 0 unspecified atom stereocenters. The zero-order valence-corrected chi connectivity index (χ0v) is 20.3. The molecule has 172 valence electrons. The summed E-state index contributed by atoms with van der Waals surface area (Å²) in [4.78, 5) is 10.9. The highest BCUT2D eigenvalue weighted by atomic mass is 127. The van der Waals surface area contributed by atoms with E-state index < -0.39 is 15.5 Å². The lowest BCUT2D eigenvalue weighted by Crippen LogP contribution is -2.51. The summed E-state index contributed by atoms with van der Waals surface area (Å²) in [6, 6.07) is 5.47. The summed E-state index contributed by atoms with van der Waals surface area (Å²) in [7, 11) is -1.48. The third kappa shape index (κ3) is 7.11. The molecule has 0 aliphatic carbocycles. The Bertz CT molecular complexity index is 812. The predicted molar refractivity (Wildman–Crippen MR) is 122 cm³/mol. The number of nitrogens with zero attached hydrogens (tertiary/aromatic N) is 4. The molecule has 0 bridgehead atoms. The van der Waals surface area contributed by atoms with Gasteiger partial charge >= 0.3 is 15.5 Å². The number of aromatic nitrogens is 1. The van der Waals surface area contributed by atoms with Crippen LogP contribution >= 0.6 is 24.0 Å². The number of alkyl halides is 3. The maximum absolute atomic E-state index is 12.7. The van der Waals surface area contributed by atoms with Crippen molar-refractivity contribution in [2.45, 2.75) is 37.9 Å². The number of hydrogen-bond donors (Lipinski definition) is 2. The molecule has 1 aliphatic heterocycles. The second-order valence-corrected chi connectivity index (χ2v) is 8.77. The van der Waals surface area contributed by atoms with Gasteiger partial charge in [0.2, 0.25) is 0 Å². The first kappa shape index (κ1) is 26.7. The molecule has 1 saturated heterocycles. The number of pyridine rings is 1. The van der Waals surface area contributed by atoms with Gasteiger partial charge in [0.1, 0.15) is 5.82 Å². The van der Waals surface area contributed by atoms with Crippen LogP contribution in [-0.4, -0.2) is 68.9 Å². The summed E-state index contributed by atoms with van der Waals surface area (Å²) >= 11 is 0. The van der Waals surface area contributed by atoms with E-state index in [0.717, 1.165) is 11.5 Å². The van der Waals surface area contributed by atoms with E-state index in [2.05, 4.69) is 20.6 Å². The molecule has 0 aromatic carbocycles. The van der Waals surface area contributed by atoms with Gasteiger partial charge in [-0.3, -0.25) is 0 Å². The van der Waals surface area contributed by atoms with Crippen LogP contribution in [0.5, 0.6) is 0 Å². The Balaban J connectivity index is 0.00000450. The summed E-state index contributed by atoms with van der Waals surface area (Å²) in [6.07, 6.45) is 0.516. The van der Waals surface area contributed by atoms with Gasteiger partial charge in [-0.2, -0.15) is 17.5 Å². The van der Waals surface area contributed by atoms with Gasteiger partial charge in [0.15, 0.2) is 5.96 Å². The van der Waals surface area contributed by atoms with Crippen LogP contribution in [0.3, 0.4) is 0 Å². The molecule has 13 heteroatoms. The Hall–Kier alpha value is -1.35. The minimum Gasteiger partial charge on any atom is -0.363 e. The van der Waals surface area contributed by atoms with Crippen molar-refractivity contribution < 1.29 is 21.6 Å². The largest absolute Gasteiger partial charge is 0.511 e. The lowest BCUT2D eigenvalue weighted by atomic mass is 10.1. The fourth-order valence-corrected chi connectivity index (χ4v) is 3.85. The van der Waals surface area contributed by atoms with Gasteiger partial charge in [-0.05, 0) is 31.9 Å². The van der Waals surface area contributed by atoms with Crippen LogP contribution < -0.4 is 15.5 Å². The normalized spacial score (nSPS) is 16.7. The summed E-state index contributed by atoms with van der Waals surface area (Å²) < 4.78 is 61.6. The number of halogens is 4. The minimum absolute atomic E-state index is 0. The molecule has 30 heavy (non-hydrogen) atoms. The van der Waals surface area contributed by atoms with Crippen molar-refractivity contribution in [2.75, 3.05) is 38.6 Å². The Labute approximate surface area is 192 Å². The van der Waals surface area contributed by atoms with Crippen molar-refractivity contribution in [3.8, 4) is 0 Å². The van der Waals surface area contributed by atoms with Crippen LogP contribution in [0.2, 0.25) is 0 Å². The Morgan fingerprint density at radius 2 is 1.93 bits per heavy atom. The van der Waals surface area contributed by atoms with Gasteiger partial charge in [0.25, 0.3) is 0 Å². The molecule has 1 aromatic rings. The highest BCUT2D eigenvalue weighted by Gasteiger charge is 2.50. The first-order valence-electron chi connectivity index (χ1n) is 9.29. The molecule has 0 radical (unpaired) electrons. The van der Waals surface area contributed by atoms with Crippen molar-refractivity contribution in [1.29, 1.82) is 0 Å². The second-order valence-electron chi connectivity index (χ2n) is 6.85. The zero-order valence-electron chi connectivity index (χ0n) is 17.1. The fraction of sp³-hybridized carbons (Fsp3) is 0.647. The van der Waals surface area contributed by atoms with Gasteiger partial charge in [-0.15, -0.1) is 24.0 Å². The number of hydrogen-bond acceptors (Lipinski definition) is 5. The van der Waals surface area contributed by atoms with E-state index in [1.807, 2.05) is 44.1 Å². The van der Waals surface area contributed by atoms with E-state index in [-0.39, 0.29) is 55.9 Å². The standard InChI is InChI=1S/C17H27F3N6O2S.HI/c1-4-21-16(22-12-14-6-5-7-15(23-14)25(2)3)24-13-8-10-26(11-9-13)29(27,28)17(18,19)20;/h5-7,13H,4,8-12H2,1-3H3,(H2,21,22,24);1H. The van der Waals surface area contributed by atoms with Crippen molar-refractivity contribution in [2.24, 2.45) is 4.99 Å². The lowest BCUT2D eigenvalue weighted by molar-refractivity contribution is -0.0494. The summed E-state index contributed by atoms with van der Waals surface area (Å²) in [5.41, 5.74) is -4.49. The molecule has 2 heterocycles. The van der Waals surface area contributed by atoms with Gasteiger partial charge in [-0.25, -0.2) is 18.4 Å². The van der Waals surface area contributed by atoms with Crippen LogP contribution in [0.4, 0.5) is 19.0 Å². The molecule has 1 fully saturated rings. The molecule has 8 nitrogen and oxygen atoms in total. The number of piperidine rings is 1. The average Bonchev–Trinajstić information content (AvgIpc) is 2.66. The van der Waals surface area contributed by atoms with Crippen LogP contribution in [0, 0.1) is 0 Å². The van der Waals surface area contributed by atoms with E-state index in [4.69, 9.17) is 0 Å². The summed E-state index contributed by atoms with van der Waals surface area (Å²) in [5.74, 6) is 1.33. The van der Waals surface area contributed by atoms with E-state index in [1.54, 1.807) is 0 Å². The van der Waals surface area contributed by atoms with Crippen molar-refractivity contribution in [1.82, 2.24) is 19.9 Å². The van der Waals surface area contributed by atoms with E-state index in [0.29, 0.717) is 23.4 Å². The molecule has 0 amide bonds. The molecule has 2 N–H and O–H groups in total. The first-order valence-corrected chi connectivity index (χ1v) is 10.7. The van der Waals surface area contributed by atoms with Gasteiger partial charge < -0.3 is 15.5 Å². The zero-order chi connectivity index (χ0) is 21.7. The number of anilines is 1. The Morgan fingerprint density at radius 1 is 1.30 bits per heavy atom. The quantitative estimate of drug-likeness (QED) is 0.313. The Morgan fingerprint density at radius 3 is 2.47 bits per heavy atom. The first-order chi connectivity index (χ1) is 13.5. The molecule has 0 saturated carbocycles. The average molecular weight is 564 g/mol. The predicted octanol–water partition coefficient (Wildman–Crippen LogP) is 2.13. The molecule has 0 atom stereocenters. The molecular weight excluding hydrogens is 536 g/mol. The molecule has 1 aliphatic rings. The third-order valence-electron chi connectivity index (χ3n) is 4.42. The van der Waals surface area contributed by atoms with Crippen molar-refractivity contribution in [3.05, 3.63) is 23.9 Å². The topological polar surface area (TPSA) is 89.9 Å². The van der Waals surface area contributed by atoms with E-state index in [9.17, 15) is 21.6 Å². The van der Waals surface area contributed by atoms with Crippen LogP contribution in [-0.2, 0) is 16.6 Å². The maximum atomic E-state index is 12.7. The van der Waals surface area contributed by atoms with Crippen LogP contribution in [0.15, 0.2) is 23.2 Å². The highest BCUT2D eigenvalue weighted by Crippen LogP contribution is 2.28. The van der Waals surface area contributed by atoms with Gasteiger partial charge in [0, 0.05) is 39.8 Å². The number of guanidine groups is 1. The fourth-order valence-electron chi connectivity index (χ4n) is 2.86. The maximum Gasteiger partial charge on any atom is 0.511 e. The monoisotopic (exact) mass is 564 g/mol. The number of rotatable bonds is 6. The minimum atomic E-state index is -5.27. The van der Waals surface area contributed by atoms with Crippen LogP contribution in [0.1, 0.15) is 25.5 Å². The molecule has 2 rings (SSSR count). The van der Waals surface area contributed by atoms with Crippen molar-refractivity contribution in [3.63, 3.8) is 0 Å².